The Balaban J connectivity index is 1.50. The van der Waals surface area contributed by atoms with Crippen molar-refractivity contribution >= 4 is 11.9 Å². The summed E-state index contributed by atoms with van der Waals surface area (Å²) in [6, 6.07) is 0. The number of imidazole rings is 1. The summed E-state index contributed by atoms with van der Waals surface area (Å²) < 4.78 is 14.6. The predicted octanol–water partition coefficient (Wildman–Crippen LogP) is 1.75. The summed E-state index contributed by atoms with van der Waals surface area (Å²) >= 11 is 0. The average molecular weight is 430 g/mol. The highest BCUT2D eigenvalue weighted by Gasteiger charge is 2.39. The standard InChI is InChI=1S/C22H31N5O4/c1-4-27-19-16(10-22(13-23-20(19)28)5-7-30-8-6-22)17(25-27)9-15(2)12-31-21(29)18-11-26(3)14-24-18/h11,14-15H,4-10,12-13H2,1-3H3,(H,23,28). The maximum atomic E-state index is 12.9. The van der Waals surface area contributed by atoms with E-state index in [0.29, 0.717) is 30.9 Å². The first-order valence-electron chi connectivity index (χ1n) is 11.0. The Morgan fingerprint density at radius 3 is 2.84 bits per heavy atom. The van der Waals surface area contributed by atoms with Gasteiger partial charge in [0.05, 0.1) is 18.6 Å². The average Bonchev–Trinajstić information content (AvgIpc) is 3.31. The van der Waals surface area contributed by atoms with Gasteiger partial charge in [-0.25, -0.2) is 9.78 Å². The van der Waals surface area contributed by atoms with E-state index in [0.717, 1.165) is 43.7 Å². The number of ether oxygens (including phenoxy) is 2. The second kappa shape index (κ2) is 8.82. The lowest BCUT2D eigenvalue weighted by molar-refractivity contribution is 0.0160. The van der Waals surface area contributed by atoms with Crippen molar-refractivity contribution in [3.8, 4) is 0 Å². The monoisotopic (exact) mass is 429 g/mol. The summed E-state index contributed by atoms with van der Waals surface area (Å²) in [6.07, 6.45) is 6.54. The number of hydrogen-bond acceptors (Lipinski definition) is 6. The zero-order valence-corrected chi connectivity index (χ0v) is 18.5. The lowest BCUT2D eigenvalue weighted by Gasteiger charge is -2.36. The molecule has 4 rings (SSSR count). The van der Waals surface area contributed by atoms with Gasteiger partial charge < -0.3 is 19.4 Å². The first-order chi connectivity index (χ1) is 14.9. The number of esters is 1. The number of carbonyl (C=O) groups is 2. The van der Waals surface area contributed by atoms with E-state index in [9.17, 15) is 9.59 Å². The second-order valence-electron chi connectivity index (χ2n) is 8.89. The molecule has 9 nitrogen and oxygen atoms in total. The van der Waals surface area contributed by atoms with Gasteiger partial charge in [0.2, 0.25) is 0 Å². The first kappa shape index (κ1) is 21.5. The Hall–Kier alpha value is -2.68. The van der Waals surface area contributed by atoms with Gasteiger partial charge in [-0.1, -0.05) is 6.92 Å². The lowest BCUT2D eigenvalue weighted by Crippen LogP contribution is -2.40. The number of hydrogen-bond donors (Lipinski definition) is 1. The molecule has 168 valence electrons. The van der Waals surface area contributed by atoms with Crippen LogP contribution in [0.5, 0.6) is 0 Å². The zero-order valence-electron chi connectivity index (χ0n) is 18.5. The van der Waals surface area contributed by atoms with E-state index in [1.165, 1.54) is 0 Å². The van der Waals surface area contributed by atoms with Crippen LogP contribution in [0.15, 0.2) is 12.5 Å². The summed E-state index contributed by atoms with van der Waals surface area (Å²) in [5.41, 5.74) is 2.97. The SMILES string of the molecule is CCn1nc(CC(C)COC(=O)c2cn(C)cn2)c2c1C(=O)NCC1(CCOCC1)C2. The van der Waals surface area contributed by atoms with Gasteiger partial charge in [0.25, 0.3) is 5.91 Å². The number of rotatable bonds is 6. The molecule has 2 aromatic heterocycles. The Morgan fingerprint density at radius 2 is 2.16 bits per heavy atom. The van der Waals surface area contributed by atoms with Crippen LogP contribution in [0.2, 0.25) is 0 Å². The zero-order chi connectivity index (χ0) is 22.0. The van der Waals surface area contributed by atoms with Crippen LogP contribution in [-0.4, -0.2) is 57.6 Å². The molecule has 1 amide bonds. The van der Waals surface area contributed by atoms with Gasteiger partial charge in [-0.05, 0) is 43.9 Å². The van der Waals surface area contributed by atoms with Crippen molar-refractivity contribution in [3.63, 3.8) is 0 Å². The van der Waals surface area contributed by atoms with Crippen molar-refractivity contribution in [2.75, 3.05) is 26.4 Å². The third-order valence-electron chi connectivity index (χ3n) is 6.33. The van der Waals surface area contributed by atoms with Crippen LogP contribution in [0.4, 0.5) is 0 Å². The molecular formula is C22H31N5O4. The molecule has 1 N–H and O–H groups in total. The largest absolute Gasteiger partial charge is 0.461 e. The number of fused-ring (bicyclic) bond motifs is 1. The Labute approximate surface area is 182 Å². The van der Waals surface area contributed by atoms with E-state index in [2.05, 4.69) is 10.3 Å². The van der Waals surface area contributed by atoms with Crippen LogP contribution < -0.4 is 5.32 Å². The fourth-order valence-electron chi connectivity index (χ4n) is 4.53. The van der Waals surface area contributed by atoms with Gasteiger partial charge in [-0.15, -0.1) is 0 Å². The molecule has 2 aliphatic heterocycles. The minimum atomic E-state index is -0.425. The van der Waals surface area contributed by atoms with E-state index in [1.807, 2.05) is 25.6 Å². The van der Waals surface area contributed by atoms with E-state index in [-0.39, 0.29) is 23.8 Å². The Morgan fingerprint density at radius 1 is 1.39 bits per heavy atom. The predicted molar refractivity (Wildman–Crippen MR) is 113 cm³/mol. The first-order valence-corrected chi connectivity index (χ1v) is 11.0. The molecule has 0 bridgehead atoms. The quantitative estimate of drug-likeness (QED) is 0.703. The normalized spacial score (nSPS) is 18.9. The number of carbonyl (C=O) groups excluding carboxylic acids is 2. The highest BCUT2D eigenvalue weighted by molar-refractivity contribution is 5.94. The molecule has 2 aromatic rings. The van der Waals surface area contributed by atoms with Gasteiger partial charge >= 0.3 is 5.97 Å². The summed E-state index contributed by atoms with van der Waals surface area (Å²) in [6.45, 7) is 7.06. The molecule has 0 radical (unpaired) electrons. The van der Waals surface area contributed by atoms with Crippen LogP contribution in [0, 0.1) is 11.3 Å². The fourth-order valence-corrected chi connectivity index (χ4v) is 4.53. The summed E-state index contributed by atoms with van der Waals surface area (Å²) in [5.74, 6) is -0.409. The topological polar surface area (TPSA) is 100 Å². The number of aryl methyl sites for hydroxylation is 2. The van der Waals surface area contributed by atoms with Crippen molar-refractivity contribution in [3.05, 3.63) is 35.2 Å². The molecule has 0 aromatic carbocycles. The molecule has 31 heavy (non-hydrogen) atoms. The molecule has 0 saturated carbocycles. The Bertz CT molecular complexity index is 957. The summed E-state index contributed by atoms with van der Waals surface area (Å²) in [5, 5.41) is 7.91. The number of nitrogens with one attached hydrogen (secondary N) is 1. The fraction of sp³-hybridized carbons (Fsp3) is 0.636. The summed E-state index contributed by atoms with van der Waals surface area (Å²) in [7, 11) is 1.81. The third-order valence-corrected chi connectivity index (χ3v) is 6.33. The van der Waals surface area contributed by atoms with Gasteiger partial charge in [-0.2, -0.15) is 5.10 Å². The summed E-state index contributed by atoms with van der Waals surface area (Å²) in [4.78, 5) is 29.1. The van der Waals surface area contributed by atoms with E-state index in [1.54, 1.807) is 17.1 Å². The lowest BCUT2D eigenvalue weighted by atomic mass is 9.75. The van der Waals surface area contributed by atoms with Crippen LogP contribution in [0.25, 0.3) is 0 Å². The highest BCUT2D eigenvalue weighted by Crippen LogP contribution is 2.38. The number of amides is 1. The maximum absolute atomic E-state index is 12.9. The maximum Gasteiger partial charge on any atom is 0.358 e. The molecular weight excluding hydrogens is 398 g/mol. The van der Waals surface area contributed by atoms with Gasteiger partial charge in [0, 0.05) is 45.1 Å². The van der Waals surface area contributed by atoms with E-state index >= 15 is 0 Å². The van der Waals surface area contributed by atoms with E-state index in [4.69, 9.17) is 14.6 Å². The molecule has 1 atom stereocenters. The van der Waals surface area contributed by atoms with Crippen LogP contribution >= 0.6 is 0 Å². The molecule has 0 aliphatic carbocycles. The second-order valence-corrected chi connectivity index (χ2v) is 8.89. The molecule has 1 spiro atoms. The van der Waals surface area contributed by atoms with Crippen LogP contribution in [-0.2, 0) is 35.9 Å². The van der Waals surface area contributed by atoms with Crippen molar-refractivity contribution in [2.45, 2.75) is 46.1 Å². The van der Waals surface area contributed by atoms with Crippen LogP contribution in [0.3, 0.4) is 0 Å². The third kappa shape index (κ3) is 4.51. The van der Waals surface area contributed by atoms with E-state index < -0.39 is 5.97 Å². The number of aromatic nitrogens is 4. The van der Waals surface area contributed by atoms with Crippen molar-refractivity contribution in [2.24, 2.45) is 18.4 Å². The number of nitrogens with zero attached hydrogens (tertiary/aromatic N) is 4. The molecule has 1 unspecified atom stereocenters. The minimum Gasteiger partial charge on any atom is -0.461 e. The van der Waals surface area contributed by atoms with Crippen molar-refractivity contribution < 1.29 is 19.1 Å². The molecule has 4 heterocycles. The smallest absolute Gasteiger partial charge is 0.358 e. The van der Waals surface area contributed by atoms with Crippen LogP contribution in [0.1, 0.15) is 58.9 Å². The van der Waals surface area contributed by atoms with Crippen molar-refractivity contribution in [1.29, 1.82) is 0 Å². The minimum absolute atomic E-state index is 0.0181. The van der Waals surface area contributed by atoms with Gasteiger partial charge in [0.15, 0.2) is 5.69 Å². The molecule has 1 saturated heterocycles. The van der Waals surface area contributed by atoms with Gasteiger partial charge in [0.1, 0.15) is 5.69 Å². The molecule has 2 aliphatic rings. The highest BCUT2D eigenvalue weighted by atomic mass is 16.5. The molecule has 1 fully saturated rings. The van der Waals surface area contributed by atoms with Gasteiger partial charge in [-0.3, -0.25) is 9.48 Å². The van der Waals surface area contributed by atoms with Crippen molar-refractivity contribution in [1.82, 2.24) is 24.6 Å². The molecule has 9 heteroatoms. The Kier molecular flexibility index (Phi) is 6.13.